The second-order valence-electron chi connectivity index (χ2n) is 3.24. The number of rotatable bonds is 3. The molecule has 0 aliphatic rings. The summed E-state index contributed by atoms with van der Waals surface area (Å²) in [5.41, 5.74) is 2.61. The van der Waals surface area contributed by atoms with E-state index in [-0.39, 0.29) is 10.9 Å². The Labute approximate surface area is 107 Å². The molecule has 18 heavy (non-hydrogen) atoms. The third-order valence-electron chi connectivity index (χ3n) is 2.04. The van der Waals surface area contributed by atoms with E-state index in [2.05, 4.69) is 25.7 Å². The fourth-order valence-corrected chi connectivity index (χ4v) is 1.44. The predicted molar refractivity (Wildman–Crippen MR) is 67.0 cm³/mol. The van der Waals surface area contributed by atoms with Crippen molar-refractivity contribution in [2.24, 2.45) is 5.84 Å². The van der Waals surface area contributed by atoms with Crippen molar-refractivity contribution in [1.82, 2.24) is 15.0 Å². The van der Waals surface area contributed by atoms with Crippen molar-refractivity contribution < 1.29 is 4.79 Å². The van der Waals surface area contributed by atoms with Gasteiger partial charge in [0, 0.05) is 18.6 Å². The Bertz CT molecular complexity index is 562. The van der Waals surface area contributed by atoms with E-state index in [9.17, 15) is 4.79 Å². The van der Waals surface area contributed by atoms with E-state index in [1.807, 2.05) is 0 Å². The fraction of sp³-hybridized carbons (Fsp3) is 0. The maximum absolute atomic E-state index is 11.8. The third kappa shape index (κ3) is 2.70. The lowest BCUT2D eigenvalue weighted by Gasteiger charge is -2.06. The highest BCUT2D eigenvalue weighted by molar-refractivity contribution is 6.33. The number of pyridine rings is 1. The van der Waals surface area contributed by atoms with Crippen LogP contribution in [-0.2, 0) is 0 Å². The molecule has 0 aliphatic heterocycles. The first-order valence-corrected chi connectivity index (χ1v) is 5.28. The highest BCUT2D eigenvalue weighted by Crippen LogP contribution is 2.19. The van der Waals surface area contributed by atoms with Crippen LogP contribution in [0.15, 0.2) is 30.9 Å². The number of nitrogens with zero attached hydrogens (tertiary/aromatic N) is 3. The van der Waals surface area contributed by atoms with Crippen LogP contribution in [0.3, 0.4) is 0 Å². The van der Waals surface area contributed by atoms with Crippen LogP contribution in [0.4, 0.5) is 11.6 Å². The first-order chi connectivity index (χ1) is 8.70. The number of carbonyl (C=O) groups excluding carboxylic acids is 1. The van der Waals surface area contributed by atoms with Gasteiger partial charge in [-0.15, -0.1) is 0 Å². The van der Waals surface area contributed by atoms with Gasteiger partial charge >= 0.3 is 0 Å². The maximum atomic E-state index is 11.8. The molecule has 0 saturated carbocycles. The number of halogens is 1. The van der Waals surface area contributed by atoms with Crippen molar-refractivity contribution in [2.45, 2.75) is 0 Å². The largest absolute Gasteiger partial charge is 0.307 e. The zero-order valence-corrected chi connectivity index (χ0v) is 9.85. The summed E-state index contributed by atoms with van der Waals surface area (Å²) in [7, 11) is 0. The molecule has 0 bridgehead atoms. The summed E-state index contributed by atoms with van der Waals surface area (Å²) < 4.78 is 0. The van der Waals surface area contributed by atoms with Gasteiger partial charge in [-0.2, -0.15) is 0 Å². The normalized spacial score (nSPS) is 9.89. The van der Waals surface area contributed by atoms with Crippen LogP contribution in [0.1, 0.15) is 10.4 Å². The van der Waals surface area contributed by atoms with Gasteiger partial charge in [-0.1, -0.05) is 11.6 Å². The molecule has 0 atom stereocenters. The third-order valence-corrected chi connectivity index (χ3v) is 2.33. The highest BCUT2D eigenvalue weighted by Gasteiger charge is 2.10. The highest BCUT2D eigenvalue weighted by atomic mass is 35.5. The van der Waals surface area contributed by atoms with Crippen LogP contribution in [0.25, 0.3) is 0 Å². The van der Waals surface area contributed by atoms with Crippen molar-refractivity contribution in [2.75, 3.05) is 10.7 Å². The van der Waals surface area contributed by atoms with Crippen molar-refractivity contribution in [3.05, 3.63) is 41.4 Å². The van der Waals surface area contributed by atoms with E-state index in [1.54, 1.807) is 0 Å². The molecular weight excluding hydrogens is 256 g/mol. The molecule has 2 heterocycles. The van der Waals surface area contributed by atoms with Crippen LogP contribution in [0.5, 0.6) is 0 Å². The van der Waals surface area contributed by atoms with E-state index in [1.165, 1.54) is 30.9 Å². The molecule has 2 aromatic rings. The molecule has 1 amide bonds. The summed E-state index contributed by atoms with van der Waals surface area (Å²) in [4.78, 5) is 23.5. The Morgan fingerprint density at radius 1 is 1.28 bits per heavy atom. The van der Waals surface area contributed by atoms with E-state index >= 15 is 0 Å². The van der Waals surface area contributed by atoms with Crippen molar-refractivity contribution in [3.8, 4) is 0 Å². The first kappa shape index (κ1) is 12.2. The van der Waals surface area contributed by atoms with Gasteiger partial charge in [0.15, 0.2) is 11.6 Å². The van der Waals surface area contributed by atoms with Crippen LogP contribution in [0.2, 0.25) is 5.02 Å². The Hall–Kier alpha value is -2.25. The Morgan fingerprint density at radius 2 is 2.11 bits per heavy atom. The van der Waals surface area contributed by atoms with Gasteiger partial charge < -0.3 is 10.7 Å². The number of hydrazine groups is 1. The van der Waals surface area contributed by atoms with Crippen molar-refractivity contribution in [3.63, 3.8) is 0 Å². The molecule has 4 N–H and O–H groups in total. The molecular formula is C10H9ClN6O. The summed E-state index contributed by atoms with van der Waals surface area (Å²) in [5.74, 6) is 5.45. The quantitative estimate of drug-likeness (QED) is 0.565. The summed E-state index contributed by atoms with van der Waals surface area (Å²) in [5, 5.41) is 2.81. The zero-order valence-electron chi connectivity index (χ0n) is 9.09. The number of nitrogens with one attached hydrogen (secondary N) is 2. The van der Waals surface area contributed by atoms with Gasteiger partial charge in [0.2, 0.25) is 0 Å². The molecule has 2 aromatic heterocycles. The molecule has 0 aromatic carbocycles. The Balaban J connectivity index is 2.17. The van der Waals surface area contributed by atoms with Gasteiger partial charge in [-0.05, 0) is 6.07 Å². The van der Waals surface area contributed by atoms with Gasteiger partial charge in [-0.25, -0.2) is 15.8 Å². The number of anilines is 2. The maximum Gasteiger partial charge on any atom is 0.258 e. The second kappa shape index (κ2) is 5.39. The minimum absolute atomic E-state index is 0.254. The predicted octanol–water partition coefficient (Wildman–Crippen LogP) is 1.06. The lowest BCUT2D eigenvalue weighted by molar-refractivity contribution is 0.102. The van der Waals surface area contributed by atoms with Crippen molar-refractivity contribution in [1.29, 1.82) is 0 Å². The summed E-state index contributed by atoms with van der Waals surface area (Å²) in [6, 6.07) is 1.45. The summed E-state index contributed by atoms with van der Waals surface area (Å²) in [6.07, 6.45) is 5.77. The lowest BCUT2D eigenvalue weighted by Crippen LogP contribution is -2.15. The lowest BCUT2D eigenvalue weighted by atomic mass is 10.2. The van der Waals surface area contributed by atoms with Gasteiger partial charge in [0.05, 0.1) is 16.8 Å². The van der Waals surface area contributed by atoms with Crippen LogP contribution in [0, 0.1) is 0 Å². The first-order valence-electron chi connectivity index (χ1n) is 4.90. The standard InChI is InChI=1S/C10H9ClN6O/c11-7-3-6(4-15-9(7)17-12)10(18)16-8-5-13-1-2-14-8/h1-5H,12H2,(H,15,17)(H,14,16,18). The minimum Gasteiger partial charge on any atom is -0.307 e. The molecule has 0 aliphatic carbocycles. The van der Waals surface area contributed by atoms with Gasteiger partial charge in [-0.3, -0.25) is 9.78 Å². The molecule has 7 nitrogen and oxygen atoms in total. The number of nitrogen functional groups attached to an aromatic ring is 1. The molecule has 0 unspecified atom stereocenters. The molecule has 0 fully saturated rings. The summed E-state index contributed by atoms with van der Waals surface area (Å²) in [6.45, 7) is 0. The van der Waals surface area contributed by atoms with E-state index in [0.29, 0.717) is 17.2 Å². The molecule has 2 rings (SSSR count). The molecule has 8 heteroatoms. The number of aromatic nitrogens is 3. The van der Waals surface area contributed by atoms with Gasteiger partial charge in [0.1, 0.15) is 0 Å². The Kier molecular flexibility index (Phi) is 3.66. The molecule has 0 spiro atoms. The van der Waals surface area contributed by atoms with E-state index in [4.69, 9.17) is 17.4 Å². The van der Waals surface area contributed by atoms with Crippen molar-refractivity contribution >= 4 is 29.1 Å². The monoisotopic (exact) mass is 264 g/mol. The molecule has 0 saturated heterocycles. The summed E-state index contributed by atoms with van der Waals surface area (Å²) >= 11 is 5.86. The number of hydrogen-bond acceptors (Lipinski definition) is 6. The SMILES string of the molecule is NNc1ncc(C(=O)Nc2cnccn2)cc1Cl. The van der Waals surface area contributed by atoms with E-state index in [0.717, 1.165) is 0 Å². The number of amides is 1. The molecule has 92 valence electrons. The second-order valence-corrected chi connectivity index (χ2v) is 3.65. The van der Waals surface area contributed by atoms with Crippen LogP contribution >= 0.6 is 11.6 Å². The molecule has 0 radical (unpaired) electrons. The average molecular weight is 265 g/mol. The van der Waals surface area contributed by atoms with E-state index < -0.39 is 0 Å². The fourth-order valence-electron chi connectivity index (χ4n) is 1.22. The van der Waals surface area contributed by atoms with Crippen LogP contribution in [-0.4, -0.2) is 20.9 Å². The number of nitrogens with two attached hydrogens (primary N) is 1. The Morgan fingerprint density at radius 3 is 2.72 bits per heavy atom. The minimum atomic E-state index is -0.381. The zero-order chi connectivity index (χ0) is 13.0. The number of hydrogen-bond donors (Lipinski definition) is 3. The van der Waals surface area contributed by atoms with Crippen LogP contribution < -0.4 is 16.6 Å². The smallest absolute Gasteiger partial charge is 0.258 e. The number of carbonyl (C=O) groups is 1. The topological polar surface area (TPSA) is 106 Å². The average Bonchev–Trinajstić information content (AvgIpc) is 2.39. The van der Waals surface area contributed by atoms with Gasteiger partial charge in [0.25, 0.3) is 5.91 Å².